The fourth-order valence-electron chi connectivity index (χ4n) is 3.68. The number of benzene rings is 2. The summed E-state index contributed by atoms with van der Waals surface area (Å²) in [6.07, 6.45) is 2.17. The zero-order chi connectivity index (χ0) is 27.6. The second-order valence-electron chi connectivity index (χ2n) is 8.91. The summed E-state index contributed by atoms with van der Waals surface area (Å²) in [7, 11) is -3.43. The predicted octanol–water partition coefficient (Wildman–Crippen LogP) is 5.10. The van der Waals surface area contributed by atoms with E-state index in [1.165, 1.54) is 24.3 Å². The number of sulfonamides is 1. The number of ether oxygens (including phenoxy) is 1. The minimum atomic E-state index is -3.43. The number of hydrogen-bond donors (Lipinski definition) is 1. The Morgan fingerprint density at radius 1 is 1.14 bits per heavy atom. The van der Waals surface area contributed by atoms with Gasteiger partial charge < -0.3 is 9.64 Å². The van der Waals surface area contributed by atoms with Gasteiger partial charge in [-0.15, -0.1) is 0 Å². The molecule has 198 valence electrons. The van der Waals surface area contributed by atoms with Gasteiger partial charge in [0, 0.05) is 30.0 Å². The van der Waals surface area contributed by atoms with Crippen molar-refractivity contribution in [3.05, 3.63) is 64.7 Å². The maximum Gasteiger partial charge on any atom is 0.307 e. The van der Waals surface area contributed by atoms with E-state index in [1.54, 1.807) is 13.0 Å². The van der Waals surface area contributed by atoms with Gasteiger partial charge in [-0.1, -0.05) is 13.0 Å². The van der Waals surface area contributed by atoms with Gasteiger partial charge >= 0.3 is 5.97 Å². The lowest BCUT2D eigenvalue weighted by molar-refractivity contribution is -0.147. The van der Waals surface area contributed by atoms with Crippen LogP contribution in [0.5, 0.6) is 0 Å². The molecule has 0 aliphatic carbocycles. The van der Waals surface area contributed by atoms with E-state index in [2.05, 4.69) is 9.62 Å². The lowest BCUT2D eigenvalue weighted by Gasteiger charge is -2.24. The van der Waals surface area contributed by atoms with Crippen LogP contribution in [0.15, 0.2) is 48.0 Å². The monoisotopic (exact) mass is 525 g/mol. The largest absolute Gasteiger partial charge is 0.463 e. The third kappa shape index (κ3) is 9.07. The Labute approximate surface area is 220 Å². The molecule has 2 aromatic rings. The van der Waals surface area contributed by atoms with E-state index in [0.29, 0.717) is 25.2 Å². The van der Waals surface area contributed by atoms with E-state index in [9.17, 15) is 23.3 Å². The van der Waals surface area contributed by atoms with Gasteiger partial charge in [-0.3, -0.25) is 14.3 Å². The van der Waals surface area contributed by atoms with Crippen LogP contribution >= 0.6 is 0 Å². The van der Waals surface area contributed by atoms with Crippen LogP contribution in [0.3, 0.4) is 0 Å². The molecule has 2 aromatic carbocycles. The average molecular weight is 526 g/mol. The number of esters is 1. The van der Waals surface area contributed by atoms with Gasteiger partial charge in [0.25, 0.3) is 0 Å². The number of ketones is 1. The summed E-state index contributed by atoms with van der Waals surface area (Å²) in [5.41, 5.74) is 3.15. The molecule has 2 rings (SSSR count). The highest BCUT2D eigenvalue weighted by molar-refractivity contribution is 7.92. The normalized spacial score (nSPS) is 11.6. The zero-order valence-corrected chi connectivity index (χ0v) is 22.9. The zero-order valence-electron chi connectivity index (χ0n) is 22.1. The highest BCUT2D eigenvalue weighted by Crippen LogP contribution is 2.23. The van der Waals surface area contributed by atoms with Crippen molar-refractivity contribution >= 4 is 39.2 Å². The molecule has 0 saturated heterocycles. The molecule has 37 heavy (non-hydrogen) atoms. The van der Waals surface area contributed by atoms with Gasteiger partial charge in [0.15, 0.2) is 0 Å². The van der Waals surface area contributed by atoms with E-state index in [1.807, 2.05) is 52.0 Å². The molecule has 0 atom stereocenters. The number of nitrogens with zero attached hydrogens (tertiary/aromatic N) is 2. The van der Waals surface area contributed by atoms with Gasteiger partial charge in [-0.25, -0.2) is 8.42 Å². The van der Waals surface area contributed by atoms with E-state index in [4.69, 9.17) is 4.74 Å². The summed E-state index contributed by atoms with van der Waals surface area (Å²) in [6.45, 7) is 10.5. The minimum absolute atomic E-state index is 0.00777. The van der Waals surface area contributed by atoms with Crippen molar-refractivity contribution in [3.63, 3.8) is 0 Å². The molecule has 1 N–H and O–H groups in total. The number of Topliss-reactive ketones (excluding diaryl/α,β-unsaturated/α-hetero) is 1. The number of anilines is 2. The minimum Gasteiger partial charge on any atom is -0.463 e. The third-order valence-corrected chi connectivity index (χ3v) is 7.00. The number of rotatable bonds is 13. The van der Waals surface area contributed by atoms with Crippen LogP contribution in [0.4, 0.5) is 11.4 Å². The van der Waals surface area contributed by atoms with E-state index < -0.39 is 15.8 Å². The van der Waals surface area contributed by atoms with E-state index in [-0.39, 0.29) is 35.4 Å². The van der Waals surface area contributed by atoms with Gasteiger partial charge in [0.1, 0.15) is 11.6 Å². The van der Waals surface area contributed by atoms with Crippen molar-refractivity contribution in [1.29, 1.82) is 5.26 Å². The summed E-state index contributed by atoms with van der Waals surface area (Å²) in [4.78, 5) is 26.9. The molecule has 0 saturated carbocycles. The van der Waals surface area contributed by atoms with Crippen molar-refractivity contribution in [2.45, 2.75) is 53.6 Å². The quantitative estimate of drug-likeness (QED) is 0.167. The first-order valence-electron chi connectivity index (χ1n) is 12.3. The topological polar surface area (TPSA) is 117 Å². The first-order chi connectivity index (χ1) is 17.5. The maximum absolute atomic E-state index is 13.0. The Morgan fingerprint density at radius 2 is 1.81 bits per heavy atom. The molecule has 8 nitrogen and oxygen atoms in total. The first kappa shape index (κ1) is 29.6. The molecule has 0 heterocycles. The number of carbonyl (C=O) groups excluding carboxylic acids is 2. The van der Waals surface area contributed by atoms with Gasteiger partial charge in [0.05, 0.1) is 18.3 Å². The van der Waals surface area contributed by atoms with Crippen LogP contribution in [0, 0.1) is 18.3 Å². The summed E-state index contributed by atoms with van der Waals surface area (Å²) >= 11 is 0. The van der Waals surface area contributed by atoms with Crippen molar-refractivity contribution in [1.82, 2.24) is 0 Å². The fourth-order valence-corrected chi connectivity index (χ4v) is 4.82. The van der Waals surface area contributed by atoms with Gasteiger partial charge in [-0.2, -0.15) is 5.26 Å². The summed E-state index contributed by atoms with van der Waals surface area (Å²) in [6, 6.07) is 13.7. The van der Waals surface area contributed by atoms with Crippen molar-refractivity contribution in [2.75, 3.05) is 28.5 Å². The summed E-state index contributed by atoms with van der Waals surface area (Å²) < 4.78 is 31.6. The molecule has 0 bridgehead atoms. The molecule has 0 radical (unpaired) electrons. The molecule has 0 aliphatic rings. The number of carbonyl (C=O) groups is 2. The van der Waals surface area contributed by atoms with Crippen molar-refractivity contribution < 1.29 is 22.7 Å². The Hall–Kier alpha value is -3.64. The highest BCUT2D eigenvalue weighted by Gasteiger charge is 2.15. The Balaban J connectivity index is 2.18. The summed E-state index contributed by atoms with van der Waals surface area (Å²) in [5.74, 6) is -0.686. The van der Waals surface area contributed by atoms with E-state index in [0.717, 1.165) is 16.8 Å². The Bertz CT molecular complexity index is 1280. The van der Waals surface area contributed by atoms with Crippen LogP contribution in [0.1, 0.15) is 62.0 Å². The van der Waals surface area contributed by atoms with Crippen LogP contribution < -0.4 is 9.62 Å². The SMILES string of the molecule is CCCS(=O)(=O)Nc1ccc(C(=O)C(C#N)=Cc2ccc(N(CC)CCC(=O)OC(C)C)cc2C)cc1. The lowest BCUT2D eigenvalue weighted by Crippen LogP contribution is -2.27. The molecule has 0 aromatic heterocycles. The third-order valence-electron chi connectivity index (χ3n) is 5.51. The molecule has 0 spiro atoms. The standard InChI is InChI=1S/C28H35N3O5S/c1-6-16-37(34,35)30-25-11-8-22(9-12-25)28(33)24(19-29)18-23-10-13-26(17-21(23)5)31(7-2)15-14-27(32)36-20(3)4/h8-13,17-18,20,30H,6-7,14-16H2,1-5H3. The van der Waals surface area contributed by atoms with Crippen LogP contribution in [-0.4, -0.2) is 45.1 Å². The van der Waals surface area contributed by atoms with E-state index >= 15 is 0 Å². The van der Waals surface area contributed by atoms with Gasteiger partial charge in [0.2, 0.25) is 15.8 Å². The number of nitriles is 1. The molecule has 0 unspecified atom stereocenters. The molecule has 0 fully saturated rings. The Morgan fingerprint density at radius 3 is 2.35 bits per heavy atom. The average Bonchev–Trinajstić information content (AvgIpc) is 2.83. The molecular weight excluding hydrogens is 490 g/mol. The molecular formula is C28H35N3O5S. The summed E-state index contributed by atoms with van der Waals surface area (Å²) in [5, 5.41) is 9.66. The fraction of sp³-hybridized carbons (Fsp3) is 0.393. The predicted molar refractivity (Wildman–Crippen MR) is 147 cm³/mol. The second kappa shape index (κ2) is 13.6. The highest BCUT2D eigenvalue weighted by atomic mass is 32.2. The second-order valence-corrected chi connectivity index (χ2v) is 10.7. The lowest BCUT2D eigenvalue weighted by atomic mass is 9.99. The van der Waals surface area contributed by atoms with Crippen LogP contribution in [0.25, 0.3) is 6.08 Å². The number of aryl methyl sites for hydroxylation is 1. The number of nitrogens with one attached hydrogen (secondary N) is 1. The number of allylic oxidation sites excluding steroid dienone is 1. The van der Waals surface area contributed by atoms with Crippen molar-refractivity contribution in [2.24, 2.45) is 0 Å². The molecule has 9 heteroatoms. The number of hydrogen-bond acceptors (Lipinski definition) is 7. The maximum atomic E-state index is 13.0. The molecule has 0 amide bonds. The first-order valence-corrected chi connectivity index (χ1v) is 14.0. The molecule has 0 aliphatic heterocycles. The van der Waals surface area contributed by atoms with Gasteiger partial charge in [-0.05, 0) is 87.7 Å². The Kier molecular flexibility index (Phi) is 10.9. The van der Waals surface area contributed by atoms with Crippen LogP contribution in [0.2, 0.25) is 0 Å². The van der Waals surface area contributed by atoms with Crippen molar-refractivity contribution in [3.8, 4) is 6.07 Å². The van der Waals surface area contributed by atoms with Crippen LogP contribution in [-0.2, 0) is 19.6 Å². The smallest absolute Gasteiger partial charge is 0.307 e.